The number of hydrogen-bond donors (Lipinski definition) is 3. The summed E-state index contributed by atoms with van der Waals surface area (Å²) in [5.41, 5.74) is 5.47. The number of nitrogens with zero attached hydrogens (tertiary/aromatic N) is 2. The van der Waals surface area contributed by atoms with E-state index in [2.05, 4.69) is 10.3 Å². The van der Waals surface area contributed by atoms with Gasteiger partial charge in [-0.05, 0) is 31.6 Å². The maximum atomic E-state index is 10.7. The number of nitrogen functional groups attached to an aromatic ring is 1. The molecule has 1 aromatic heterocycles. The molecular formula is C12H18N4O3. The van der Waals surface area contributed by atoms with E-state index < -0.39 is 4.92 Å². The smallest absolute Gasteiger partial charge is 0.276 e. The minimum Gasteiger partial charge on any atom is -0.393 e. The Labute approximate surface area is 111 Å². The molecule has 1 aliphatic carbocycles. The Hall–Kier alpha value is -1.89. The van der Waals surface area contributed by atoms with Gasteiger partial charge in [-0.1, -0.05) is 0 Å². The Morgan fingerprint density at radius 2 is 2.11 bits per heavy atom. The normalized spacial score (nSPS) is 23.0. The highest BCUT2D eigenvalue weighted by molar-refractivity contribution is 5.52. The molecule has 0 radical (unpaired) electrons. The number of aliphatic hydroxyl groups excluding tert-OH is 1. The molecule has 0 spiro atoms. The molecule has 4 N–H and O–H groups in total. The summed E-state index contributed by atoms with van der Waals surface area (Å²) in [6.07, 6.45) is 3.37. The van der Waals surface area contributed by atoms with Crippen LogP contribution in [-0.4, -0.2) is 27.7 Å². The van der Waals surface area contributed by atoms with Gasteiger partial charge in [0.15, 0.2) is 0 Å². The lowest BCUT2D eigenvalue weighted by Crippen LogP contribution is -2.23. The van der Waals surface area contributed by atoms with Crippen LogP contribution in [0.1, 0.15) is 25.7 Å². The van der Waals surface area contributed by atoms with E-state index in [1.165, 1.54) is 12.1 Å². The lowest BCUT2D eigenvalue weighted by atomic mass is 9.87. The lowest BCUT2D eigenvalue weighted by molar-refractivity contribution is -0.384. The van der Waals surface area contributed by atoms with Gasteiger partial charge in [0.05, 0.1) is 23.2 Å². The molecule has 2 rings (SSSR count). The van der Waals surface area contributed by atoms with Gasteiger partial charge in [-0.3, -0.25) is 10.1 Å². The summed E-state index contributed by atoms with van der Waals surface area (Å²) >= 11 is 0. The number of rotatable bonds is 4. The van der Waals surface area contributed by atoms with Gasteiger partial charge in [-0.15, -0.1) is 0 Å². The SMILES string of the molecule is Nc1cc([N+](=O)[O-])cc(NCC2CCC(O)CC2)n1. The summed E-state index contributed by atoms with van der Waals surface area (Å²) < 4.78 is 0. The van der Waals surface area contributed by atoms with Crippen LogP contribution in [0, 0.1) is 16.0 Å². The maximum Gasteiger partial charge on any atom is 0.276 e. The van der Waals surface area contributed by atoms with E-state index in [-0.39, 0.29) is 17.6 Å². The van der Waals surface area contributed by atoms with Crippen LogP contribution < -0.4 is 11.1 Å². The number of aliphatic hydroxyl groups is 1. The number of nitrogens with one attached hydrogen (secondary N) is 1. The number of nitro groups is 1. The fraction of sp³-hybridized carbons (Fsp3) is 0.583. The van der Waals surface area contributed by atoms with Gasteiger partial charge in [0.25, 0.3) is 5.69 Å². The van der Waals surface area contributed by atoms with Gasteiger partial charge >= 0.3 is 0 Å². The van der Waals surface area contributed by atoms with Crippen molar-refractivity contribution >= 4 is 17.3 Å². The van der Waals surface area contributed by atoms with Gasteiger partial charge in [-0.2, -0.15) is 0 Å². The monoisotopic (exact) mass is 266 g/mol. The van der Waals surface area contributed by atoms with E-state index >= 15 is 0 Å². The quantitative estimate of drug-likeness (QED) is 0.562. The largest absolute Gasteiger partial charge is 0.393 e. The maximum absolute atomic E-state index is 10.7. The van der Waals surface area contributed by atoms with Crippen LogP contribution in [-0.2, 0) is 0 Å². The van der Waals surface area contributed by atoms with Crippen LogP contribution in [0.3, 0.4) is 0 Å². The van der Waals surface area contributed by atoms with E-state index in [0.29, 0.717) is 18.3 Å². The summed E-state index contributed by atoms with van der Waals surface area (Å²) in [5.74, 6) is 1.03. The van der Waals surface area contributed by atoms with E-state index in [4.69, 9.17) is 5.73 Å². The molecule has 1 saturated carbocycles. The third kappa shape index (κ3) is 3.78. The molecule has 7 heteroatoms. The number of nitrogens with two attached hydrogens (primary N) is 1. The zero-order chi connectivity index (χ0) is 13.8. The molecule has 0 atom stereocenters. The zero-order valence-corrected chi connectivity index (χ0v) is 10.6. The molecule has 0 saturated heterocycles. The Balaban J connectivity index is 1.94. The van der Waals surface area contributed by atoms with Gasteiger partial charge in [0.2, 0.25) is 0 Å². The molecule has 19 heavy (non-hydrogen) atoms. The Morgan fingerprint density at radius 3 is 2.74 bits per heavy atom. The number of aromatic nitrogens is 1. The zero-order valence-electron chi connectivity index (χ0n) is 10.6. The summed E-state index contributed by atoms with van der Waals surface area (Å²) in [7, 11) is 0. The average Bonchev–Trinajstić information content (AvgIpc) is 2.37. The fourth-order valence-corrected chi connectivity index (χ4v) is 2.33. The standard InChI is InChI=1S/C12H18N4O3/c13-11-5-9(16(18)19)6-12(15-11)14-7-8-1-3-10(17)4-2-8/h5-6,8,10,17H,1-4,7H2,(H3,13,14,15). The van der Waals surface area contributed by atoms with Crippen molar-refractivity contribution in [2.45, 2.75) is 31.8 Å². The van der Waals surface area contributed by atoms with Crippen molar-refractivity contribution in [3.63, 3.8) is 0 Å². The van der Waals surface area contributed by atoms with Crippen molar-refractivity contribution in [1.82, 2.24) is 4.98 Å². The van der Waals surface area contributed by atoms with Crippen molar-refractivity contribution < 1.29 is 10.0 Å². The Morgan fingerprint density at radius 1 is 1.42 bits per heavy atom. The second-order valence-corrected chi connectivity index (χ2v) is 4.95. The summed E-state index contributed by atoms with van der Waals surface area (Å²) in [6, 6.07) is 2.62. The van der Waals surface area contributed by atoms with Gasteiger partial charge in [-0.25, -0.2) is 4.98 Å². The average molecular weight is 266 g/mol. The minimum absolute atomic E-state index is 0.0610. The van der Waals surface area contributed by atoms with Crippen molar-refractivity contribution in [3.05, 3.63) is 22.2 Å². The Kier molecular flexibility index (Phi) is 4.16. The van der Waals surface area contributed by atoms with Crippen LogP contribution in [0.5, 0.6) is 0 Å². The predicted octanol–water partition coefficient (Wildman–Crippen LogP) is 1.53. The lowest BCUT2D eigenvalue weighted by Gasteiger charge is -2.25. The minimum atomic E-state index is -0.486. The molecule has 0 aliphatic heterocycles. The number of hydrogen-bond acceptors (Lipinski definition) is 6. The molecule has 0 aromatic carbocycles. The molecule has 0 bridgehead atoms. The number of pyridine rings is 1. The Bertz CT molecular complexity index is 458. The molecule has 1 aliphatic rings. The van der Waals surface area contributed by atoms with E-state index in [1.807, 2.05) is 0 Å². The van der Waals surface area contributed by atoms with Crippen LogP contribution in [0.25, 0.3) is 0 Å². The first kappa shape index (κ1) is 13.5. The molecule has 104 valence electrons. The van der Waals surface area contributed by atoms with Crippen molar-refractivity contribution in [2.24, 2.45) is 5.92 Å². The number of anilines is 2. The van der Waals surface area contributed by atoms with Gasteiger partial charge in [0.1, 0.15) is 11.6 Å². The molecular weight excluding hydrogens is 248 g/mol. The van der Waals surface area contributed by atoms with Crippen LogP contribution >= 0.6 is 0 Å². The van der Waals surface area contributed by atoms with Gasteiger partial charge in [0, 0.05) is 6.54 Å². The summed E-state index contributed by atoms with van der Waals surface area (Å²) in [5, 5.41) is 23.2. The topological polar surface area (TPSA) is 114 Å². The highest BCUT2D eigenvalue weighted by atomic mass is 16.6. The van der Waals surface area contributed by atoms with Crippen LogP contribution in [0.2, 0.25) is 0 Å². The van der Waals surface area contributed by atoms with Crippen LogP contribution in [0.15, 0.2) is 12.1 Å². The van der Waals surface area contributed by atoms with E-state index in [0.717, 1.165) is 25.7 Å². The van der Waals surface area contributed by atoms with Gasteiger partial charge < -0.3 is 16.2 Å². The van der Waals surface area contributed by atoms with Crippen molar-refractivity contribution in [1.29, 1.82) is 0 Å². The van der Waals surface area contributed by atoms with E-state index in [1.54, 1.807) is 0 Å². The first-order valence-corrected chi connectivity index (χ1v) is 6.38. The predicted molar refractivity (Wildman–Crippen MR) is 71.8 cm³/mol. The third-order valence-corrected chi connectivity index (χ3v) is 3.43. The van der Waals surface area contributed by atoms with E-state index in [9.17, 15) is 15.2 Å². The summed E-state index contributed by atoms with van der Waals surface area (Å²) in [6.45, 7) is 0.695. The first-order valence-electron chi connectivity index (χ1n) is 6.38. The fourth-order valence-electron chi connectivity index (χ4n) is 2.33. The molecule has 1 aromatic rings. The summed E-state index contributed by atoms with van der Waals surface area (Å²) in [4.78, 5) is 14.3. The molecule has 0 amide bonds. The highest BCUT2D eigenvalue weighted by Gasteiger charge is 2.19. The second kappa shape index (κ2) is 5.83. The van der Waals surface area contributed by atoms with Crippen molar-refractivity contribution in [3.8, 4) is 0 Å². The molecule has 1 fully saturated rings. The highest BCUT2D eigenvalue weighted by Crippen LogP contribution is 2.25. The molecule has 7 nitrogen and oxygen atoms in total. The molecule has 1 heterocycles. The van der Waals surface area contributed by atoms with Crippen LogP contribution in [0.4, 0.5) is 17.3 Å². The van der Waals surface area contributed by atoms with Crippen molar-refractivity contribution in [2.75, 3.05) is 17.6 Å². The third-order valence-electron chi connectivity index (χ3n) is 3.43. The second-order valence-electron chi connectivity index (χ2n) is 4.95. The molecule has 0 unspecified atom stereocenters. The first-order chi connectivity index (χ1) is 9.04.